The number of hydrogen-bond donors (Lipinski definition) is 0. The predicted octanol–water partition coefficient (Wildman–Crippen LogP) is 12.2. The van der Waals surface area contributed by atoms with E-state index >= 15 is 0 Å². The number of ether oxygens (including phenoxy) is 1. The molecule has 0 atom stereocenters. The minimum Gasteiger partial charge on any atom is -0.439 e. The lowest BCUT2D eigenvalue weighted by Gasteiger charge is -2.54. The summed E-state index contributed by atoms with van der Waals surface area (Å²) in [4.78, 5) is 2.22. The van der Waals surface area contributed by atoms with Crippen molar-refractivity contribution in [3.05, 3.63) is 211 Å². The third kappa shape index (κ3) is 8.21. The predicted molar refractivity (Wildman–Crippen MR) is 258 cm³/mol. The summed E-state index contributed by atoms with van der Waals surface area (Å²) < 4.78 is 14.8. The van der Waals surface area contributed by atoms with Gasteiger partial charge in [-0.2, -0.15) is 21.0 Å². The smallest absolute Gasteiger partial charge is 0.374 e. The number of benzene rings is 7. The van der Waals surface area contributed by atoms with Gasteiger partial charge in [0, 0.05) is 18.7 Å². The molecule has 0 saturated heterocycles. The van der Waals surface area contributed by atoms with Gasteiger partial charge in [0.2, 0.25) is 11.5 Å². The highest BCUT2D eigenvalue weighted by Crippen LogP contribution is 2.42. The fourth-order valence-corrected chi connectivity index (χ4v) is 9.42. The molecule has 2 heterocycles. The minimum atomic E-state index is -1.06. The molecular weight excluding hydrogens is 743 g/mol. The van der Waals surface area contributed by atoms with E-state index < -0.39 is 6.15 Å². The van der Waals surface area contributed by atoms with Gasteiger partial charge in [-0.05, 0) is 66.8 Å². The highest BCUT2D eigenvalue weighted by atomic mass is 16.5. The molecule has 0 aliphatic carbocycles. The van der Waals surface area contributed by atoms with Crippen LogP contribution in [0.2, 0.25) is 5.31 Å². The van der Waals surface area contributed by atoms with Crippen LogP contribution in [0.25, 0.3) is 39.4 Å². The number of fused-ring (bicyclic) bond motifs is 2. The van der Waals surface area contributed by atoms with Crippen molar-refractivity contribution in [3.8, 4) is 28.0 Å². The summed E-state index contributed by atoms with van der Waals surface area (Å²) >= 11 is 0. The zero-order valence-corrected chi connectivity index (χ0v) is 36.3. The number of aryl methyl sites for hydroxylation is 1. The second-order valence-corrected chi connectivity index (χ2v) is 17.0. The molecule has 0 spiro atoms. The standard InChI is InChI=1S/C34H31N2O2.C22H24B/c1-4-35-29-22-27(25-12-8-6-9-13-25)16-18-31(29)37-33(35)20-24(3)21-34-36(5-2)30-23-28(17-19-32(30)38-34)26-14-10-7-11-15-26;1-22(2,3)23(19-13-7-4-8-14-19,20-15-9-5-10-16-20)21-17-11-6-12-18-21/h6-23H,4-5H2,1-3H3;4-18H,1-3H3/q+1;-1. The van der Waals surface area contributed by atoms with Crippen molar-refractivity contribution in [1.82, 2.24) is 0 Å². The van der Waals surface area contributed by atoms with Crippen LogP contribution in [-0.2, 0) is 6.54 Å². The van der Waals surface area contributed by atoms with E-state index in [1.807, 2.05) is 12.1 Å². The Morgan fingerprint density at radius 1 is 0.590 bits per heavy atom. The maximum absolute atomic E-state index is 6.30. The first-order valence-electron chi connectivity index (χ1n) is 21.6. The first kappa shape index (κ1) is 40.9. The fraction of sp³-hybridized carbons (Fsp3) is 0.161. The molecule has 1 aliphatic heterocycles. The molecule has 0 N–H and O–H groups in total. The van der Waals surface area contributed by atoms with Gasteiger partial charge in [-0.1, -0.05) is 185 Å². The van der Waals surface area contributed by atoms with Gasteiger partial charge in [0.15, 0.2) is 5.75 Å². The summed E-state index contributed by atoms with van der Waals surface area (Å²) in [6, 6.07) is 66.6. The van der Waals surface area contributed by atoms with Crippen molar-refractivity contribution < 1.29 is 13.7 Å². The normalized spacial score (nSPS) is 13.4. The van der Waals surface area contributed by atoms with Crippen molar-refractivity contribution in [2.45, 2.75) is 53.4 Å². The zero-order chi connectivity index (χ0) is 42.4. The Balaban J connectivity index is 0.000000191. The molecule has 0 fully saturated rings. The van der Waals surface area contributed by atoms with Crippen LogP contribution in [0.3, 0.4) is 0 Å². The minimum absolute atomic E-state index is 0.0874. The molecule has 61 heavy (non-hydrogen) atoms. The summed E-state index contributed by atoms with van der Waals surface area (Å²) in [6.07, 6.45) is 3.13. The third-order valence-corrected chi connectivity index (χ3v) is 12.2. The molecule has 1 aliphatic rings. The number of rotatable bonds is 9. The Morgan fingerprint density at radius 2 is 1.07 bits per heavy atom. The molecule has 0 saturated carbocycles. The van der Waals surface area contributed by atoms with Crippen LogP contribution in [0.4, 0.5) is 5.69 Å². The maximum Gasteiger partial charge on any atom is 0.374 e. The van der Waals surface area contributed by atoms with Crippen LogP contribution >= 0.6 is 0 Å². The third-order valence-electron chi connectivity index (χ3n) is 12.2. The number of anilines is 1. The van der Waals surface area contributed by atoms with Gasteiger partial charge in [0.1, 0.15) is 6.54 Å². The fourth-order valence-electron chi connectivity index (χ4n) is 9.42. The SMILES string of the molecule is CC(C)(C)[B-](c1ccccc1)(c1ccccc1)c1ccccc1.CCN1/C(=C/C(C)=C/c2oc3ccc(-c4ccccc4)cc3[n+]2CC)Oc2ccc(-c3ccccc3)cc21. The van der Waals surface area contributed by atoms with Crippen LogP contribution < -0.4 is 30.6 Å². The largest absolute Gasteiger partial charge is 0.439 e. The Bertz CT molecular complexity index is 2680. The van der Waals surface area contributed by atoms with Crippen LogP contribution in [0.5, 0.6) is 5.75 Å². The van der Waals surface area contributed by atoms with E-state index in [4.69, 9.17) is 9.15 Å². The average Bonchev–Trinajstić information content (AvgIpc) is 3.83. The van der Waals surface area contributed by atoms with Crippen molar-refractivity contribution in [1.29, 1.82) is 0 Å². The molecular formula is C56H55BN2O2. The van der Waals surface area contributed by atoms with E-state index in [-0.39, 0.29) is 5.31 Å². The number of hydrogen-bond acceptors (Lipinski definition) is 3. The molecule has 0 radical (unpaired) electrons. The molecule has 304 valence electrons. The topological polar surface area (TPSA) is 29.5 Å². The van der Waals surface area contributed by atoms with E-state index in [0.29, 0.717) is 0 Å². The number of nitrogens with zero attached hydrogens (tertiary/aromatic N) is 2. The summed E-state index contributed by atoms with van der Waals surface area (Å²) in [5, 5.41) is 0.0874. The van der Waals surface area contributed by atoms with Crippen LogP contribution in [0.15, 0.2) is 210 Å². The average molecular weight is 799 g/mol. The first-order valence-corrected chi connectivity index (χ1v) is 21.6. The molecule has 4 nitrogen and oxygen atoms in total. The zero-order valence-electron chi connectivity index (χ0n) is 36.3. The Morgan fingerprint density at radius 3 is 1.54 bits per heavy atom. The molecule has 0 unspecified atom stereocenters. The molecule has 0 bridgehead atoms. The van der Waals surface area contributed by atoms with Gasteiger partial charge < -0.3 is 14.1 Å². The molecule has 1 aromatic heterocycles. The molecule has 8 aromatic rings. The van der Waals surface area contributed by atoms with Crippen molar-refractivity contribution in [2.75, 3.05) is 11.4 Å². The van der Waals surface area contributed by atoms with E-state index in [1.54, 1.807) is 0 Å². The quantitative estimate of drug-likeness (QED) is 0.108. The van der Waals surface area contributed by atoms with Crippen molar-refractivity contribution in [3.63, 3.8) is 0 Å². The van der Waals surface area contributed by atoms with E-state index in [0.717, 1.165) is 53.0 Å². The van der Waals surface area contributed by atoms with Gasteiger partial charge in [-0.15, -0.1) is 5.31 Å². The van der Waals surface area contributed by atoms with Gasteiger partial charge in [0.25, 0.3) is 5.52 Å². The first-order chi connectivity index (χ1) is 29.7. The lowest BCUT2D eigenvalue weighted by Crippen LogP contribution is -2.72. The molecule has 0 amide bonds. The van der Waals surface area contributed by atoms with Crippen LogP contribution in [0.1, 0.15) is 47.4 Å². The second kappa shape index (κ2) is 17.8. The number of oxazole rings is 1. The molecule has 7 aromatic carbocycles. The van der Waals surface area contributed by atoms with E-state index in [1.165, 1.54) is 38.6 Å². The highest BCUT2D eigenvalue weighted by molar-refractivity contribution is 7.13. The van der Waals surface area contributed by atoms with E-state index in [2.05, 4.69) is 239 Å². The van der Waals surface area contributed by atoms with Crippen molar-refractivity contribution in [2.24, 2.45) is 0 Å². The summed E-state index contributed by atoms with van der Waals surface area (Å²) in [6.45, 7) is 15.1. The molecule has 5 heteroatoms. The Kier molecular flexibility index (Phi) is 11.9. The Labute approximate surface area is 362 Å². The van der Waals surface area contributed by atoms with Gasteiger partial charge in [-0.25, -0.2) is 0 Å². The van der Waals surface area contributed by atoms with Gasteiger partial charge in [-0.3, -0.25) is 0 Å². The lowest BCUT2D eigenvalue weighted by molar-refractivity contribution is -0.674. The lowest BCUT2D eigenvalue weighted by atomic mass is 9.07. The Hall–Kier alpha value is -6.85. The maximum atomic E-state index is 6.30. The van der Waals surface area contributed by atoms with Crippen LogP contribution in [0, 0.1) is 0 Å². The van der Waals surface area contributed by atoms with E-state index in [9.17, 15) is 0 Å². The van der Waals surface area contributed by atoms with Gasteiger partial charge >= 0.3 is 5.89 Å². The van der Waals surface area contributed by atoms with Gasteiger partial charge in [0.05, 0.1) is 17.9 Å². The summed E-state index contributed by atoms with van der Waals surface area (Å²) in [5.41, 5.74) is 13.1. The highest BCUT2D eigenvalue weighted by Gasteiger charge is 2.39. The number of allylic oxidation sites excluding steroid dienone is 2. The molecule has 9 rings (SSSR count). The summed E-state index contributed by atoms with van der Waals surface area (Å²) in [7, 11) is 0. The number of aromatic nitrogens is 1. The second-order valence-electron chi connectivity index (χ2n) is 17.0. The summed E-state index contributed by atoms with van der Waals surface area (Å²) in [5.74, 6) is 2.53. The van der Waals surface area contributed by atoms with Crippen LogP contribution in [-0.4, -0.2) is 12.7 Å². The van der Waals surface area contributed by atoms with Crippen molar-refractivity contribution >= 4 is 45.4 Å². The monoisotopic (exact) mass is 798 g/mol.